The van der Waals surface area contributed by atoms with Gasteiger partial charge in [-0.1, -0.05) is 72.3 Å². The van der Waals surface area contributed by atoms with Crippen LogP contribution in [-0.4, -0.2) is 16.8 Å². The van der Waals surface area contributed by atoms with E-state index in [2.05, 4.69) is 0 Å². The third kappa shape index (κ3) is 3.32. The number of aliphatic hydroxyl groups excluding tert-OH is 1. The fourth-order valence-electron chi connectivity index (χ4n) is 3.62. The summed E-state index contributed by atoms with van der Waals surface area (Å²) in [5, 5.41) is 11.4. The number of nitrogens with zero attached hydrogens (tertiary/aromatic N) is 1. The number of rotatable bonds is 3. The Balaban J connectivity index is 1.99. The summed E-state index contributed by atoms with van der Waals surface area (Å²) in [5.41, 5.74) is 2.59. The number of amides is 1. The van der Waals surface area contributed by atoms with Crippen LogP contribution in [0.2, 0.25) is 5.02 Å². The lowest BCUT2D eigenvalue weighted by atomic mass is 9.95. The fourth-order valence-corrected chi connectivity index (χ4v) is 3.86. The van der Waals surface area contributed by atoms with Crippen LogP contribution < -0.4 is 4.90 Å². The van der Waals surface area contributed by atoms with Crippen LogP contribution in [0.15, 0.2) is 84.4 Å². The Morgan fingerprint density at radius 2 is 1.62 bits per heavy atom. The van der Waals surface area contributed by atoms with Gasteiger partial charge in [-0.05, 0) is 36.2 Å². The van der Waals surface area contributed by atoms with Crippen LogP contribution in [0.25, 0.3) is 5.76 Å². The van der Waals surface area contributed by atoms with Crippen LogP contribution in [0, 0.1) is 6.92 Å². The number of anilines is 1. The van der Waals surface area contributed by atoms with Gasteiger partial charge < -0.3 is 5.11 Å². The molecule has 144 valence electrons. The van der Waals surface area contributed by atoms with E-state index in [9.17, 15) is 14.7 Å². The molecule has 0 saturated carbocycles. The molecule has 0 aliphatic carbocycles. The highest BCUT2D eigenvalue weighted by Crippen LogP contribution is 2.44. The minimum absolute atomic E-state index is 0.0239. The Kier molecular flexibility index (Phi) is 4.95. The highest BCUT2D eigenvalue weighted by molar-refractivity contribution is 6.52. The number of aliphatic hydroxyl groups is 1. The second-order valence-electron chi connectivity index (χ2n) is 6.90. The fraction of sp³-hybridized carbons (Fsp3) is 0.0833. The first-order valence-corrected chi connectivity index (χ1v) is 9.54. The number of benzene rings is 3. The molecule has 0 radical (unpaired) electrons. The first-order valence-electron chi connectivity index (χ1n) is 9.16. The molecule has 1 aliphatic rings. The molecule has 3 aromatic carbocycles. The average molecular weight is 404 g/mol. The van der Waals surface area contributed by atoms with Gasteiger partial charge in [0, 0.05) is 16.3 Å². The summed E-state index contributed by atoms with van der Waals surface area (Å²) in [5.74, 6) is -1.65. The first-order chi connectivity index (χ1) is 14.0. The molecule has 3 aromatic rings. The van der Waals surface area contributed by atoms with Gasteiger partial charge >= 0.3 is 0 Å². The average Bonchev–Trinajstić information content (AvgIpc) is 2.99. The van der Waals surface area contributed by atoms with E-state index in [4.69, 9.17) is 11.6 Å². The molecule has 29 heavy (non-hydrogen) atoms. The number of hydrogen-bond acceptors (Lipinski definition) is 3. The SMILES string of the molecule is Cc1cccc(N2C(=O)C(=O)/C(=C(/O)c3ccccc3)C2c2ccccc2Cl)c1. The summed E-state index contributed by atoms with van der Waals surface area (Å²) < 4.78 is 0. The zero-order chi connectivity index (χ0) is 20.5. The lowest BCUT2D eigenvalue weighted by Gasteiger charge is -2.26. The molecule has 0 spiro atoms. The van der Waals surface area contributed by atoms with Gasteiger partial charge in [-0.15, -0.1) is 0 Å². The van der Waals surface area contributed by atoms with Crippen LogP contribution in [0.1, 0.15) is 22.7 Å². The molecule has 1 N–H and O–H groups in total. The Bertz CT molecular complexity index is 1140. The van der Waals surface area contributed by atoms with E-state index in [0.29, 0.717) is 21.8 Å². The second kappa shape index (κ2) is 7.57. The van der Waals surface area contributed by atoms with Crippen molar-refractivity contribution in [1.29, 1.82) is 0 Å². The van der Waals surface area contributed by atoms with Crippen LogP contribution in [0.3, 0.4) is 0 Å². The first kappa shape index (κ1) is 19.0. The molecule has 1 aliphatic heterocycles. The Morgan fingerprint density at radius 1 is 0.931 bits per heavy atom. The number of Topliss-reactive ketones (excluding diaryl/α,β-unsaturated/α-hetero) is 1. The van der Waals surface area contributed by atoms with Crippen LogP contribution in [0.4, 0.5) is 5.69 Å². The number of carbonyl (C=O) groups is 2. The lowest BCUT2D eigenvalue weighted by molar-refractivity contribution is -0.132. The van der Waals surface area contributed by atoms with Gasteiger partial charge in [-0.2, -0.15) is 0 Å². The van der Waals surface area contributed by atoms with Crippen molar-refractivity contribution in [2.24, 2.45) is 0 Å². The lowest BCUT2D eigenvalue weighted by Crippen LogP contribution is -2.29. The molecule has 0 aromatic heterocycles. The predicted octanol–water partition coefficient (Wildman–Crippen LogP) is 5.27. The van der Waals surface area contributed by atoms with E-state index >= 15 is 0 Å². The molecule has 1 heterocycles. The summed E-state index contributed by atoms with van der Waals surface area (Å²) >= 11 is 6.45. The molecular weight excluding hydrogens is 386 g/mol. The van der Waals surface area contributed by atoms with E-state index in [1.807, 2.05) is 31.2 Å². The quantitative estimate of drug-likeness (QED) is 0.368. The summed E-state index contributed by atoms with van der Waals surface area (Å²) in [6.07, 6.45) is 0. The van der Waals surface area contributed by atoms with Gasteiger partial charge in [0.05, 0.1) is 11.6 Å². The number of hydrogen-bond donors (Lipinski definition) is 1. The van der Waals surface area contributed by atoms with Gasteiger partial charge in [0.25, 0.3) is 11.7 Å². The zero-order valence-electron chi connectivity index (χ0n) is 15.7. The van der Waals surface area contributed by atoms with Gasteiger partial charge in [-0.3, -0.25) is 14.5 Å². The summed E-state index contributed by atoms with van der Waals surface area (Å²) in [6.45, 7) is 1.91. The van der Waals surface area contributed by atoms with Gasteiger partial charge in [0.1, 0.15) is 5.76 Å². The third-order valence-electron chi connectivity index (χ3n) is 4.97. The number of aryl methyl sites for hydroxylation is 1. The maximum atomic E-state index is 13.0. The molecule has 4 nitrogen and oxygen atoms in total. The Morgan fingerprint density at radius 3 is 2.31 bits per heavy atom. The monoisotopic (exact) mass is 403 g/mol. The van der Waals surface area contributed by atoms with Crippen molar-refractivity contribution in [2.75, 3.05) is 4.90 Å². The largest absolute Gasteiger partial charge is 0.507 e. The molecular formula is C24H18ClNO3. The summed E-state index contributed by atoms with van der Waals surface area (Å²) in [4.78, 5) is 27.5. The molecule has 1 fully saturated rings. The highest BCUT2D eigenvalue weighted by atomic mass is 35.5. The van der Waals surface area contributed by atoms with Gasteiger partial charge in [-0.25, -0.2) is 0 Å². The Hall–Kier alpha value is -3.37. The number of ketones is 1. The third-order valence-corrected chi connectivity index (χ3v) is 5.32. The van der Waals surface area contributed by atoms with Crippen molar-refractivity contribution in [3.63, 3.8) is 0 Å². The second-order valence-corrected chi connectivity index (χ2v) is 7.30. The van der Waals surface area contributed by atoms with E-state index < -0.39 is 17.7 Å². The van der Waals surface area contributed by atoms with Crippen molar-refractivity contribution < 1.29 is 14.7 Å². The topological polar surface area (TPSA) is 57.6 Å². The van der Waals surface area contributed by atoms with Crippen molar-refractivity contribution in [3.8, 4) is 0 Å². The van der Waals surface area contributed by atoms with E-state index in [-0.39, 0.29) is 11.3 Å². The summed E-state index contributed by atoms with van der Waals surface area (Å²) in [6, 6.07) is 22.3. The highest BCUT2D eigenvalue weighted by Gasteiger charge is 2.47. The molecule has 1 atom stereocenters. The zero-order valence-corrected chi connectivity index (χ0v) is 16.4. The molecule has 1 unspecified atom stereocenters. The van der Waals surface area contributed by atoms with Crippen LogP contribution >= 0.6 is 11.6 Å². The van der Waals surface area contributed by atoms with E-state index in [1.54, 1.807) is 54.6 Å². The normalized spacial score (nSPS) is 18.3. The predicted molar refractivity (Wildman–Crippen MR) is 114 cm³/mol. The maximum absolute atomic E-state index is 13.0. The molecule has 5 heteroatoms. The molecule has 1 amide bonds. The van der Waals surface area contributed by atoms with Crippen LogP contribution in [0.5, 0.6) is 0 Å². The molecule has 4 rings (SSSR count). The Labute approximate surface area is 173 Å². The minimum atomic E-state index is -0.828. The smallest absolute Gasteiger partial charge is 0.300 e. The summed E-state index contributed by atoms with van der Waals surface area (Å²) in [7, 11) is 0. The van der Waals surface area contributed by atoms with Crippen molar-refractivity contribution in [1.82, 2.24) is 0 Å². The van der Waals surface area contributed by atoms with E-state index in [1.165, 1.54) is 4.90 Å². The maximum Gasteiger partial charge on any atom is 0.300 e. The van der Waals surface area contributed by atoms with Crippen molar-refractivity contribution in [3.05, 3.63) is 106 Å². The van der Waals surface area contributed by atoms with Crippen LogP contribution in [-0.2, 0) is 9.59 Å². The van der Waals surface area contributed by atoms with Gasteiger partial charge in [0.2, 0.25) is 0 Å². The standard InChI is InChI=1S/C24H18ClNO3/c1-15-8-7-11-17(14-15)26-21(18-12-5-6-13-19(18)25)20(23(28)24(26)29)22(27)16-9-3-2-4-10-16/h2-14,21,27H,1H3/b22-20+. The number of halogens is 1. The van der Waals surface area contributed by atoms with Crippen molar-refractivity contribution in [2.45, 2.75) is 13.0 Å². The molecule has 1 saturated heterocycles. The minimum Gasteiger partial charge on any atom is -0.507 e. The number of carbonyl (C=O) groups excluding carboxylic acids is 2. The van der Waals surface area contributed by atoms with Crippen molar-refractivity contribution >= 4 is 34.7 Å². The van der Waals surface area contributed by atoms with E-state index in [0.717, 1.165) is 5.56 Å². The van der Waals surface area contributed by atoms with Gasteiger partial charge in [0.15, 0.2) is 0 Å². The molecule has 0 bridgehead atoms.